The Morgan fingerprint density at radius 3 is 2.27 bits per heavy atom. The van der Waals surface area contributed by atoms with E-state index in [1.54, 1.807) is 0 Å². The van der Waals surface area contributed by atoms with Gasteiger partial charge < -0.3 is 15.2 Å². The molecule has 1 aliphatic carbocycles. The van der Waals surface area contributed by atoms with Gasteiger partial charge in [-0.05, 0) is 51.2 Å². The summed E-state index contributed by atoms with van der Waals surface area (Å²) in [5.41, 5.74) is 4.57. The first-order valence-electron chi connectivity index (χ1n) is 9.53. The van der Waals surface area contributed by atoms with E-state index in [1.165, 1.54) is 11.3 Å². The lowest BCUT2D eigenvalue weighted by molar-refractivity contribution is -0.137. The molecule has 30 heavy (non-hydrogen) atoms. The number of alkyl carbamates (subject to hydrolysis) is 1. The molecule has 0 spiro atoms. The number of aliphatic carboxylic acids is 1. The highest BCUT2D eigenvalue weighted by Crippen LogP contribution is 2.44. The van der Waals surface area contributed by atoms with E-state index < -0.39 is 18.1 Å². The molecule has 154 valence electrons. The number of benzene rings is 2. The Bertz CT molecular complexity index is 1060. The van der Waals surface area contributed by atoms with Gasteiger partial charge in [0.25, 0.3) is 0 Å². The molecule has 2 N–H and O–H groups in total. The lowest BCUT2D eigenvalue weighted by Crippen LogP contribution is -2.31. The number of amides is 1. The number of carboxylic acid groups (broad SMARTS) is 1. The quantitative estimate of drug-likeness (QED) is 0.457. The number of hydrogen-bond acceptors (Lipinski definition) is 4. The molecule has 0 aliphatic heterocycles. The van der Waals surface area contributed by atoms with Gasteiger partial charge in [-0.2, -0.15) is 0 Å². The van der Waals surface area contributed by atoms with Crippen LogP contribution in [0.1, 0.15) is 39.3 Å². The Kier molecular flexibility index (Phi) is 5.92. The molecule has 1 amide bonds. The summed E-state index contributed by atoms with van der Waals surface area (Å²) < 4.78 is 6.35. The molecular weight excluding hydrogens is 466 g/mol. The Morgan fingerprint density at radius 2 is 1.73 bits per heavy atom. The first-order chi connectivity index (χ1) is 14.4. The number of carbonyl (C=O) groups is 2. The van der Waals surface area contributed by atoms with Crippen LogP contribution in [0.15, 0.2) is 59.1 Å². The van der Waals surface area contributed by atoms with E-state index in [0.29, 0.717) is 0 Å². The third-order valence-electron chi connectivity index (χ3n) is 5.17. The van der Waals surface area contributed by atoms with Crippen LogP contribution in [0.5, 0.6) is 0 Å². The van der Waals surface area contributed by atoms with Gasteiger partial charge in [-0.1, -0.05) is 48.5 Å². The second kappa shape index (κ2) is 8.62. The number of thiophene rings is 1. The zero-order valence-electron chi connectivity index (χ0n) is 16.2. The van der Waals surface area contributed by atoms with Crippen LogP contribution in [0.3, 0.4) is 0 Å². The average molecular weight is 486 g/mol. The van der Waals surface area contributed by atoms with Gasteiger partial charge in [0.05, 0.1) is 12.5 Å². The van der Waals surface area contributed by atoms with E-state index in [4.69, 9.17) is 4.74 Å². The van der Waals surface area contributed by atoms with Crippen molar-refractivity contribution in [2.75, 3.05) is 6.61 Å². The predicted octanol–water partition coefficient (Wildman–Crippen LogP) is 5.87. The molecule has 1 atom stereocenters. The maximum atomic E-state index is 12.6. The first-order valence-corrected chi connectivity index (χ1v) is 11.1. The van der Waals surface area contributed by atoms with Crippen LogP contribution in [0.4, 0.5) is 4.79 Å². The smallest absolute Gasteiger partial charge is 0.407 e. The molecule has 2 aromatic carbocycles. The molecule has 4 rings (SSSR count). The summed E-state index contributed by atoms with van der Waals surface area (Å²) in [7, 11) is 0. The van der Waals surface area contributed by atoms with Crippen LogP contribution in [0, 0.1) is 6.92 Å². The lowest BCUT2D eigenvalue weighted by Gasteiger charge is -2.18. The van der Waals surface area contributed by atoms with Crippen LogP contribution < -0.4 is 5.32 Å². The highest BCUT2D eigenvalue weighted by Gasteiger charge is 2.30. The third kappa shape index (κ3) is 4.13. The normalized spacial score (nSPS) is 13.4. The fourth-order valence-corrected chi connectivity index (χ4v) is 5.88. The summed E-state index contributed by atoms with van der Waals surface area (Å²) in [6.07, 6.45) is -0.844. The SMILES string of the molecule is Cc1cc(Br)c([C@@H](CC(=O)O)NC(=O)OCC2c3ccccc3-c3ccccc32)s1. The van der Waals surface area contributed by atoms with Crippen molar-refractivity contribution < 1.29 is 19.4 Å². The van der Waals surface area contributed by atoms with E-state index in [9.17, 15) is 14.7 Å². The zero-order valence-corrected chi connectivity index (χ0v) is 18.6. The molecule has 0 saturated carbocycles. The van der Waals surface area contributed by atoms with Crippen molar-refractivity contribution in [1.82, 2.24) is 5.32 Å². The summed E-state index contributed by atoms with van der Waals surface area (Å²) in [6, 6.07) is 17.5. The molecule has 0 saturated heterocycles. The fourth-order valence-electron chi connectivity index (χ4n) is 3.91. The molecular formula is C23H20BrNO4S. The van der Waals surface area contributed by atoms with E-state index >= 15 is 0 Å². The number of carboxylic acids is 1. The number of nitrogens with one attached hydrogen (secondary N) is 1. The van der Waals surface area contributed by atoms with Crippen LogP contribution in [-0.2, 0) is 9.53 Å². The van der Waals surface area contributed by atoms with Crippen molar-refractivity contribution in [2.24, 2.45) is 0 Å². The van der Waals surface area contributed by atoms with Gasteiger partial charge in [-0.3, -0.25) is 4.79 Å². The van der Waals surface area contributed by atoms with Gasteiger partial charge >= 0.3 is 12.1 Å². The highest BCUT2D eigenvalue weighted by molar-refractivity contribution is 9.10. The van der Waals surface area contributed by atoms with E-state index in [1.807, 2.05) is 37.3 Å². The minimum Gasteiger partial charge on any atom is -0.481 e. The Morgan fingerprint density at radius 1 is 1.13 bits per heavy atom. The van der Waals surface area contributed by atoms with Gasteiger partial charge in [-0.15, -0.1) is 11.3 Å². The van der Waals surface area contributed by atoms with Crippen molar-refractivity contribution in [2.45, 2.75) is 25.3 Å². The number of ether oxygens (including phenoxy) is 1. The molecule has 1 aliphatic rings. The largest absolute Gasteiger partial charge is 0.481 e. The Balaban J connectivity index is 1.49. The average Bonchev–Trinajstić information content (AvgIpc) is 3.22. The minimum absolute atomic E-state index is 0.0446. The van der Waals surface area contributed by atoms with Crippen LogP contribution in [0.2, 0.25) is 0 Å². The van der Waals surface area contributed by atoms with Gasteiger partial charge in [0.1, 0.15) is 6.61 Å². The summed E-state index contributed by atoms with van der Waals surface area (Å²) >= 11 is 4.90. The molecule has 3 aromatic rings. The zero-order chi connectivity index (χ0) is 21.3. The number of rotatable bonds is 6. The van der Waals surface area contributed by atoms with E-state index in [2.05, 4.69) is 45.5 Å². The van der Waals surface area contributed by atoms with Crippen molar-refractivity contribution in [1.29, 1.82) is 0 Å². The molecule has 7 heteroatoms. The van der Waals surface area contributed by atoms with Gasteiger partial charge in [-0.25, -0.2) is 4.79 Å². The van der Waals surface area contributed by atoms with Gasteiger partial charge in [0.2, 0.25) is 0 Å². The summed E-state index contributed by atoms with van der Waals surface area (Å²) in [5, 5.41) is 12.0. The highest BCUT2D eigenvalue weighted by atomic mass is 79.9. The molecule has 0 bridgehead atoms. The van der Waals surface area contributed by atoms with Gasteiger partial charge in [0, 0.05) is 20.1 Å². The molecule has 0 fully saturated rings. The molecule has 0 unspecified atom stereocenters. The topological polar surface area (TPSA) is 75.6 Å². The van der Waals surface area contributed by atoms with Gasteiger partial charge in [0.15, 0.2) is 0 Å². The minimum atomic E-state index is -0.989. The lowest BCUT2D eigenvalue weighted by atomic mass is 9.98. The molecule has 1 heterocycles. The standard InChI is InChI=1S/C23H20BrNO4S/c1-13-10-19(24)22(30-13)20(11-21(26)27)25-23(28)29-12-18-16-8-4-2-6-14(16)15-7-3-5-9-17(15)18/h2-10,18,20H,11-12H2,1H3,(H,25,28)(H,26,27)/t20-/m1/s1. The molecule has 5 nitrogen and oxygen atoms in total. The second-order valence-corrected chi connectivity index (χ2v) is 9.33. The Hall–Kier alpha value is -2.64. The predicted molar refractivity (Wildman–Crippen MR) is 120 cm³/mol. The number of halogens is 1. The Labute approximate surface area is 186 Å². The summed E-state index contributed by atoms with van der Waals surface area (Å²) in [4.78, 5) is 25.7. The van der Waals surface area contributed by atoms with E-state index in [0.717, 1.165) is 36.5 Å². The van der Waals surface area contributed by atoms with Crippen LogP contribution in [0.25, 0.3) is 11.1 Å². The van der Waals surface area contributed by atoms with Crippen molar-refractivity contribution in [3.8, 4) is 11.1 Å². The summed E-state index contributed by atoms with van der Waals surface area (Å²) in [6.45, 7) is 2.12. The monoisotopic (exact) mass is 485 g/mol. The number of fused-ring (bicyclic) bond motifs is 3. The van der Waals surface area contributed by atoms with Crippen molar-refractivity contribution in [3.63, 3.8) is 0 Å². The number of hydrogen-bond donors (Lipinski definition) is 2. The van der Waals surface area contributed by atoms with E-state index in [-0.39, 0.29) is 18.9 Å². The first kappa shape index (κ1) is 20.6. The van der Waals surface area contributed by atoms with Crippen molar-refractivity contribution in [3.05, 3.63) is 80.0 Å². The maximum absolute atomic E-state index is 12.6. The number of carbonyl (C=O) groups excluding carboxylic acids is 1. The van der Waals surface area contributed by atoms with Crippen LogP contribution in [-0.4, -0.2) is 23.8 Å². The molecule has 1 aromatic heterocycles. The third-order valence-corrected chi connectivity index (χ3v) is 7.25. The van der Waals surface area contributed by atoms with Crippen LogP contribution >= 0.6 is 27.3 Å². The fraction of sp³-hybridized carbons (Fsp3) is 0.217. The molecule has 0 radical (unpaired) electrons. The maximum Gasteiger partial charge on any atom is 0.407 e. The summed E-state index contributed by atoms with van der Waals surface area (Å²) in [5.74, 6) is -1.03. The number of aryl methyl sites for hydroxylation is 1. The van der Waals surface area contributed by atoms with Crippen molar-refractivity contribution >= 4 is 39.3 Å². The second-order valence-electron chi connectivity index (χ2n) is 7.19.